The summed E-state index contributed by atoms with van der Waals surface area (Å²) in [7, 11) is 1.57. The van der Waals surface area contributed by atoms with Crippen LogP contribution in [-0.4, -0.2) is 25.4 Å². The molecule has 5 heteroatoms. The Balaban J connectivity index is 2.21. The molecule has 0 bridgehead atoms. The van der Waals surface area contributed by atoms with E-state index in [9.17, 15) is 9.59 Å². The van der Waals surface area contributed by atoms with Crippen molar-refractivity contribution >= 4 is 11.8 Å². The van der Waals surface area contributed by atoms with E-state index in [0.717, 1.165) is 5.56 Å². The lowest BCUT2D eigenvalue weighted by Gasteiger charge is -2.11. The number of amides is 2. The molecular formula is C14H21N3O2. The molecule has 1 aromatic carbocycles. The Hall–Kier alpha value is -1.88. The van der Waals surface area contributed by atoms with E-state index >= 15 is 0 Å². The number of nitrogens with one attached hydrogen (secondary N) is 2. The highest BCUT2D eigenvalue weighted by Crippen LogP contribution is 2.14. The second-order valence-electron chi connectivity index (χ2n) is 4.33. The summed E-state index contributed by atoms with van der Waals surface area (Å²) in [5, 5.41) is 5.20. The summed E-state index contributed by atoms with van der Waals surface area (Å²) >= 11 is 0. The van der Waals surface area contributed by atoms with Crippen molar-refractivity contribution in [1.82, 2.24) is 10.6 Å². The molecule has 0 spiro atoms. The Bertz CT molecular complexity index is 406. The highest BCUT2D eigenvalue weighted by Gasteiger charge is 2.08. The molecule has 0 saturated heterocycles. The fourth-order valence-corrected chi connectivity index (χ4v) is 1.68. The van der Waals surface area contributed by atoms with Crippen LogP contribution in [0.5, 0.6) is 0 Å². The summed E-state index contributed by atoms with van der Waals surface area (Å²) in [4.78, 5) is 22.5. The van der Waals surface area contributed by atoms with Crippen LogP contribution in [0.1, 0.15) is 30.9 Å². The molecule has 19 heavy (non-hydrogen) atoms. The minimum atomic E-state index is -0.133. The van der Waals surface area contributed by atoms with Gasteiger partial charge in [-0.3, -0.25) is 9.59 Å². The molecule has 1 aromatic rings. The largest absolute Gasteiger partial charge is 0.359 e. The normalized spacial score (nSPS) is 11.7. The first-order valence-electron chi connectivity index (χ1n) is 6.41. The molecule has 0 aliphatic heterocycles. The zero-order valence-electron chi connectivity index (χ0n) is 11.2. The first-order chi connectivity index (χ1) is 9.13. The van der Waals surface area contributed by atoms with Crippen LogP contribution in [0.3, 0.4) is 0 Å². The molecule has 0 aromatic heterocycles. The van der Waals surface area contributed by atoms with Gasteiger partial charge in [0.1, 0.15) is 0 Å². The Kier molecular flexibility index (Phi) is 6.60. The molecule has 0 radical (unpaired) electrons. The van der Waals surface area contributed by atoms with Crippen molar-refractivity contribution in [2.24, 2.45) is 5.73 Å². The van der Waals surface area contributed by atoms with Gasteiger partial charge in [0.15, 0.2) is 0 Å². The smallest absolute Gasteiger partial charge is 0.221 e. The van der Waals surface area contributed by atoms with Crippen LogP contribution < -0.4 is 16.4 Å². The highest BCUT2D eigenvalue weighted by atomic mass is 16.2. The maximum absolute atomic E-state index is 11.6. The van der Waals surface area contributed by atoms with Crippen LogP contribution in [0.2, 0.25) is 0 Å². The van der Waals surface area contributed by atoms with E-state index in [0.29, 0.717) is 25.8 Å². The van der Waals surface area contributed by atoms with E-state index in [2.05, 4.69) is 10.6 Å². The summed E-state index contributed by atoms with van der Waals surface area (Å²) in [5.74, 6) is -0.156. The maximum atomic E-state index is 11.6. The Labute approximate surface area is 113 Å². The van der Waals surface area contributed by atoms with Gasteiger partial charge in [0, 0.05) is 32.5 Å². The average Bonchev–Trinajstić information content (AvgIpc) is 2.45. The number of rotatable bonds is 7. The van der Waals surface area contributed by atoms with Crippen molar-refractivity contribution in [3.63, 3.8) is 0 Å². The van der Waals surface area contributed by atoms with Crippen molar-refractivity contribution in [3.05, 3.63) is 35.9 Å². The van der Waals surface area contributed by atoms with Crippen molar-refractivity contribution < 1.29 is 9.59 Å². The van der Waals surface area contributed by atoms with Gasteiger partial charge in [-0.2, -0.15) is 0 Å². The fourth-order valence-electron chi connectivity index (χ4n) is 1.68. The molecule has 1 atom stereocenters. The summed E-state index contributed by atoms with van der Waals surface area (Å²) in [6, 6.07) is 9.56. The predicted molar refractivity (Wildman–Crippen MR) is 74.3 cm³/mol. The van der Waals surface area contributed by atoms with E-state index in [4.69, 9.17) is 5.73 Å². The number of hydrogen-bond donors (Lipinski definition) is 3. The Morgan fingerprint density at radius 3 is 2.47 bits per heavy atom. The number of nitrogens with two attached hydrogens (primary N) is 1. The van der Waals surface area contributed by atoms with Gasteiger partial charge in [0.25, 0.3) is 0 Å². The third kappa shape index (κ3) is 6.01. The molecule has 1 rings (SSSR count). The molecule has 0 aliphatic carbocycles. The molecule has 1 unspecified atom stereocenters. The number of carbonyl (C=O) groups is 2. The molecule has 5 nitrogen and oxygen atoms in total. The Morgan fingerprint density at radius 1 is 1.16 bits per heavy atom. The van der Waals surface area contributed by atoms with E-state index in [1.165, 1.54) is 0 Å². The third-order valence-corrected chi connectivity index (χ3v) is 2.86. The van der Waals surface area contributed by atoms with Crippen LogP contribution >= 0.6 is 0 Å². The van der Waals surface area contributed by atoms with Crippen molar-refractivity contribution in [1.29, 1.82) is 0 Å². The van der Waals surface area contributed by atoms with E-state index in [1.807, 2.05) is 30.3 Å². The molecule has 0 saturated carbocycles. The number of benzene rings is 1. The van der Waals surface area contributed by atoms with Crippen LogP contribution in [0.25, 0.3) is 0 Å². The molecule has 104 valence electrons. The third-order valence-electron chi connectivity index (χ3n) is 2.86. The fraction of sp³-hybridized carbons (Fsp3) is 0.429. The van der Waals surface area contributed by atoms with Crippen LogP contribution in [0.15, 0.2) is 30.3 Å². The topological polar surface area (TPSA) is 84.2 Å². The van der Waals surface area contributed by atoms with E-state index < -0.39 is 0 Å². The quantitative estimate of drug-likeness (QED) is 0.677. The molecule has 0 aliphatic rings. The summed E-state index contributed by atoms with van der Waals surface area (Å²) in [6.07, 6.45) is 1.26. The first kappa shape index (κ1) is 15.2. The zero-order chi connectivity index (χ0) is 14.1. The average molecular weight is 263 g/mol. The van der Waals surface area contributed by atoms with Gasteiger partial charge < -0.3 is 16.4 Å². The first-order valence-corrected chi connectivity index (χ1v) is 6.41. The monoisotopic (exact) mass is 263 g/mol. The standard InChI is InChI=1S/C14H21N3O2/c1-16-13(18)9-10-17-14(19)8-7-12(15)11-5-3-2-4-6-11/h2-6,12H,7-10,15H2,1H3,(H,16,18)(H,17,19). The number of carbonyl (C=O) groups excluding carboxylic acids is 2. The lowest BCUT2D eigenvalue weighted by Crippen LogP contribution is -2.29. The summed E-state index contributed by atoms with van der Waals surface area (Å²) < 4.78 is 0. The SMILES string of the molecule is CNC(=O)CCNC(=O)CCC(N)c1ccccc1. The highest BCUT2D eigenvalue weighted by molar-refractivity contribution is 5.78. The van der Waals surface area contributed by atoms with E-state index in [-0.39, 0.29) is 17.9 Å². The molecular weight excluding hydrogens is 242 g/mol. The van der Waals surface area contributed by atoms with Gasteiger partial charge in [-0.25, -0.2) is 0 Å². The van der Waals surface area contributed by atoms with Crippen LogP contribution in [-0.2, 0) is 9.59 Å². The van der Waals surface area contributed by atoms with Crippen molar-refractivity contribution in [2.45, 2.75) is 25.3 Å². The molecule has 2 amide bonds. The van der Waals surface area contributed by atoms with Crippen molar-refractivity contribution in [3.8, 4) is 0 Å². The molecule has 0 heterocycles. The second-order valence-corrected chi connectivity index (χ2v) is 4.33. The van der Waals surface area contributed by atoms with Gasteiger partial charge in [0.2, 0.25) is 11.8 Å². The lowest BCUT2D eigenvalue weighted by molar-refractivity contribution is -0.122. The van der Waals surface area contributed by atoms with Gasteiger partial charge in [-0.15, -0.1) is 0 Å². The summed E-state index contributed by atoms with van der Waals surface area (Å²) in [5.41, 5.74) is 7.03. The van der Waals surface area contributed by atoms with Crippen LogP contribution in [0, 0.1) is 0 Å². The lowest BCUT2D eigenvalue weighted by atomic mass is 10.0. The predicted octanol–water partition coefficient (Wildman–Crippen LogP) is 0.719. The summed E-state index contributed by atoms with van der Waals surface area (Å²) in [6.45, 7) is 0.360. The van der Waals surface area contributed by atoms with Gasteiger partial charge in [0.05, 0.1) is 0 Å². The molecule has 4 N–H and O–H groups in total. The maximum Gasteiger partial charge on any atom is 0.221 e. The molecule has 0 fully saturated rings. The van der Waals surface area contributed by atoms with Gasteiger partial charge in [-0.1, -0.05) is 30.3 Å². The minimum absolute atomic E-state index is 0.0738. The Morgan fingerprint density at radius 2 is 1.84 bits per heavy atom. The van der Waals surface area contributed by atoms with Crippen LogP contribution in [0.4, 0.5) is 0 Å². The van der Waals surface area contributed by atoms with E-state index in [1.54, 1.807) is 7.05 Å². The zero-order valence-corrected chi connectivity index (χ0v) is 11.2. The van der Waals surface area contributed by atoms with Gasteiger partial charge >= 0.3 is 0 Å². The van der Waals surface area contributed by atoms with Crippen molar-refractivity contribution in [2.75, 3.05) is 13.6 Å². The number of hydrogen-bond acceptors (Lipinski definition) is 3. The van der Waals surface area contributed by atoms with Gasteiger partial charge in [-0.05, 0) is 12.0 Å². The second kappa shape index (κ2) is 8.26. The minimum Gasteiger partial charge on any atom is -0.359 e.